The topological polar surface area (TPSA) is 80.8 Å². The summed E-state index contributed by atoms with van der Waals surface area (Å²) in [7, 11) is 3.04. The number of carbonyl (C=O) groups is 2. The predicted octanol–water partition coefficient (Wildman–Crippen LogP) is 2.88. The Kier molecular flexibility index (Phi) is 5.70. The molecule has 0 aliphatic carbocycles. The van der Waals surface area contributed by atoms with Crippen molar-refractivity contribution in [2.75, 3.05) is 39.2 Å². The molecule has 1 atom stereocenters. The van der Waals surface area contributed by atoms with Crippen molar-refractivity contribution >= 4 is 23.5 Å². The van der Waals surface area contributed by atoms with Gasteiger partial charge in [-0.3, -0.25) is 9.59 Å². The van der Waals surface area contributed by atoms with Crippen LogP contribution in [0, 0.1) is 0 Å². The van der Waals surface area contributed by atoms with Crippen LogP contribution in [0.15, 0.2) is 42.1 Å². The van der Waals surface area contributed by atoms with Crippen LogP contribution < -0.4 is 14.8 Å². The molecule has 0 radical (unpaired) electrons. The second kappa shape index (κ2) is 8.57. The highest BCUT2D eigenvalue weighted by Crippen LogP contribution is 2.43. The lowest BCUT2D eigenvalue weighted by atomic mass is 9.94. The average molecular weight is 407 g/mol. The SMILES string of the molecule is COc1cnc(OC)c2c1C(C(=O)C(=O)N1CCC(=Cc3ccccc3)CC1)CN2. The molecule has 3 heterocycles. The van der Waals surface area contributed by atoms with Crippen LogP contribution in [0.25, 0.3) is 6.08 Å². The van der Waals surface area contributed by atoms with Crippen LogP contribution >= 0.6 is 0 Å². The minimum atomic E-state index is -0.611. The molecule has 1 aromatic carbocycles. The van der Waals surface area contributed by atoms with Crippen molar-refractivity contribution in [1.29, 1.82) is 0 Å². The minimum absolute atomic E-state index is 0.325. The van der Waals surface area contributed by atoms with Gasteiger partial charge in [-0.15, -0.1) is 0 Å². The lowest BCUT2D eigenvalue weighted by Gasteiger charge is -2.29. The van der Waals surface area contributed by atoms with E-state index in [1.54, 1.807) is 4.90 Å². The van der Waals surface area contributed by atoms with Crippen molar-refractivity contribution in [2.45, 2.75) is 18.8 Å². The smallest absolute Gasteiger partial charge is 0.290 e. The van der Waals surface area contributed by atoms with Crippen molar-refractivity contribution < 1.29 is 19.1 Å². The number of pyridine rings is 1. The number of benzene rings is 1. The molecule has 0 spiro atoms. The first kappa shape index (κ1) is 19.9. The van der Waals surface area contributed by atoms with Crippen LogP contribution in [-0.4, -0.2) is 55.4 Å². The molecule has 7 heteroatoms. The fraction of sp³-hybridized carbons (Fsp3) is 0.348. The molecule has 1 N–H and O–H groups in total. The molecule has 30 heavy (non-hydrogen) atoms. The number of anilines is 1. The Labute approximate surface area is 175 Å². The number of hydrogen-bond acceptors (Lipinski definition) is 6. The lowest BCUT2D eigenvalue weighted by Crippen LogP contribution is -2.42. The molecule has 0 saturated carbocycles. The Morgan fingerprint density at radius 2 is 1.87 bits per heavy atom. The third-order valence-corrected chi connectivity index (χ3v) is 5.68. The summed E-state index contributed by atoms with van der Waals surface area (Å²) >= 11 is 0. The van der Waals surface area contributed by atoms with E-state index < -0.39 is 17.6 Å². The molecule has 1 amide bonds. The molecule has 2 aromatic rings. The lowest BCUT2D eigenvalue weighted by molar-refractivity contribution is -0.145. The summed E-state index contributed by atoms with van der Waals surface area (Å²) in [5, 5.41) is 3.15. The Balaban J connectivity index is 1.46. The van der Waals surface area contributed by atoms with Gasteiger partial charge in [0.1, 0.15) is 11.4 Å². The van der Waals surface area contributed by atoms with Crippen LogP contribution in [0.5, 0.6) is 11.6 Å². The van der Waals surface area contributed by atoms with Gasteiger partial charge in [-0.25, -0.2) is 4.98 Å². The average Bonchev–Trinajstić information content (AvgIpc) is 3.24. The van der Waals surface area contributed by atoms with Gasteiger partial charge >= 0.3 is 0 Å². The monoisotopic (exact) mass is 407 g/mol. The second-order valence-corrected chi connectivity index (χ2v) is 7.43. The van der Waals surface area contributed by atoms with Gasteiger partial charge in [-0.2, -0.15) is 0 Å². The molecule has 2 aliphatic rings. The highest BCUT2D eigenvalue weighted by molar-refractivity contribution is 6.38. The first-order valence-corrected chi connectivity index (χ1v) is 10.0. The summed E-state index contributed by atoms with van der Waals surface area (Å²) in [6.45, 7) is 1.42. The van der Waals surface area contributed by atoms with E-state index in [4.69, 9.17) is 9.47 Å². The number of carbonyl (C=O) groups excluding carboxylic acids is 2. The summed E-state index contributed by atoms with van der Waals surface area (Å²) < 4.78 is 10.7. The zero-order chi connectivity index (χ0) is 21.1. The summed E-state index contributed by atoms with van der Waals surface area (Å²) in [5.41, 5.74) is 3.72. The zero-order valence-corrected chi connectivity index (χ0v) is 17.2. The van der Waals surface area contributed by atoms with E-state index in [0.29, 0.717) is 42.5 Å². The van der Waals surface area contributed by atoms with Gasteiger partial charge in [0, 0.05) is 25.2 Å². The largest absolute Gasteiger partial charge is 0.495 e. The number of rotatable bonds is 5. The summed E-state index contributed by atoms with van der Waals surface area (Å²) in [6, 6.07) is 10.1. The number of nitrogens with zero attached hydrogens (tertiary/aromatic N) is 2. The maximum Gasteiger partial charge on any atom is 0.290 e. The standard InChI is InChI=1S/C23H25N3O4/c1-29-18-14-25-22(30-2)20-19(18)17(13-24-20)21(27)23(28)26-10-8-16(9-11-26)12-15-6-4-3-5-7-15/h3-7,12,14,17,24H,8-11,13H2,1-2H3. The van der Waals surface area contributed by atoms with E-state index >= 15 is 0 Å². The van der Waals surface area contributed by atoms with Crippen molar-refractivity contribution in [1.82, 2.24) is 9.88 Å². The van der Waals surface area contributed by atoms with Crippen LogP contribution in [0.1, 0.15) is 29.9 Å². The van der Waals surface area contributed by atoms with Gasteiger partial charge in [0.05, 0.1) is 26.3 Å². The number of methoxy groups -OCH3 is 2. The summed E-state index contributed by atoms with van der Waals surface area (Å²) in [6.07, 6.45) is 5.24. The Morgan fingerprint density at radius 1 is 1.13 bits per heavy atom. The Bertz CT molecular complexity index is 977. The minimum Gasteiger partial charge on any atom is -0.495 e. The zero-order valence-electron chi connectivity index (χ0n) is 17.2. The van der Waals surface area contributed by atoms with Crippen molar-refractivity contribution in [2.24, 2.45) is 0 Å². The van der Waals surface area contributed by atoms with Crippen LogP contribution in [0.4, 0.5) is 5.69 Å². The van der Waals surface area contributed by atoms with E-state index in [9.17, 15) is 9.59 Å². The van der Waals surface area contributed by atoms with E-state index in [0.717, 1.165) is 18.4 Å². The van der Waals surface area contributed by atoms with Gasteiger partial charge in [-0.1, -0.05) is 42.0 Å². The molecule has 1 unspecified atom stereocenters. The number of fused-ring (bicyclic) bond motifs is 1. The Hall–Kier alpha value is -3.35. The molecular weight excluding hydrogens is 382 g/mol. The summed E-state index contributed by atoms with van der Waals surface area (Å²) in [5.74, 6) is -0.606. The molecule has 4 rings (SSSR count). The van der Waals surface area contributed by atoms with Gasteiger partial charge in [0.15, 0.2) is 0 Å². The number of ketones is 1. The van der Waals surface area contributed by atoms with Crippen LogP contribution in [-0.2, 0) is 9.59 Å². The molecule has 156 valence electrons. The number of piperidine rings is 1. The van der Waals surface area contributed by atoms with Gasteiger partial charge in [-0.05, 0) is 18.4 Å². The number of amides is 1. The summed E-state index contributed by atoms with van der Waals surface area (Å²) in [4.78, 5) is 31.9. The Morgan fingerprint density at radius 3 is 2.53 bits per heavy atom. The van der Waals surface area contributed by atoms with Gasteiger partial charge in [0.2, 0.25) is 11.7 Å². The molecule has 7 nitrogen and oxygen atoms in total. The first-order valence-electron chi connectivity index (χ1n) is 10.0. The fourth-order valence-corrected chi connectivity index (χ4v) is 4.09. The molecular formula is C23H25N3O4. The number of hydrogen-bond donors (Lipinski definition) is 1. The molecule has 1 saturated heterocycles. The van der Waals surface area contributed by atoms with Crippen molar-refractivity contribution in [3.05, 3.63) is 53.2 Å². The number of Topliss-reactive ketones (excluding diaryl/α,β-unsaturated/α-hetero) is 1. The highest BCUT2D eigenvalue weighted by atomic mass is 16.5. The van der Waals surface area contributed by atoms with Gasteiger partial charge in [0.25, 0.3) is 5.91 Å². The number of aromatic nitrogens is 1. The number of nitrogens with one attached hydrogen (secondary N) is 1. The maximum atomic E-state index is 13.1. The van der Waals surface area contributed by atoms with E-state index in [1.807, 2.05) is 18.2 Å². The van der Waals surface area contributed by atoms with Crippen LogP contribution in [0.2, 0.25) is 0 Å². The molecule has 2 aliphatic heterocycles. The fourth-order valence-electron chi connectivity index (χ4n) is 4.09. The predicted molar refractivity (Wildman–Crippen MR) is 114 cm³/mol. The molecule has 1 aromatic heterocycles. The quantitative estimate of drug-likeness (QED) is 0.768. The number of likely N-dealkylation sites (tertiary alicyclic amines) is 1. The van der Waals surface area contributed by atoms with Crippen molar-refractivity contribution in [3.8, 4) is 11.6 Å². The van der Waals surface area contributed by atoms with E-state index in [1.165, 1.54) is 26.0 Å². The van der Waals surface area contributed by atoms with Crippen molar-refractivity contribution in [3.63, 3.8) is 0 Å². The second-order valence-electron chi connectivity index (χ2n) is 7.43. The van der Waals surface area contributed by atoms with Crippen LogP contribution in [0.3, 0.4) is 0 Å². The van der Waals surface area contributed by atoms with Gasteiger partial charge < -0.3 is 19.7 Å². The maximum absolute atomic E-state index is 13.1. The first-order chi connectivity index (χ1) is 14.6. The normalized spacial score (nSPS) is 17.7. The molecule has 0 bridgehead atoms. The third kappa shape index (κ3) is 3.75. The van der Waals surface area contributed by atoms with E-state index in [-0.39, 0.29) is 0 Å². The number of ether oxygens (including phenoxy) is 2. The third-order valence-electron chi connectivity index (χ3n) is 5.68. The van der Waals surface area contributed by atoms with E-state index in [2.05, 4.69) is 28.5 Å². The molecule has 1 fully saturated rings. The highest BCUT2D eigenvalue weighted by Gasteiger charge is 2.39.